The molecule has 0 saturated heterocycles. The summed E-state index contributed by atoms with van der Waals surface area (Å²) in [6, 6.07) is 18.2. The van der Waals surface area contributed by atoms with E-state index in [-0.39, 0.29) is 11.0 Å². The first-order chi connectivity index (χ1) is 8.84. The lowest BCUT2D eigenvalue weighted by Gasteiger charge is -2.22. The molecule has 2 aromatic carbocycles. The molecule has 0 saturated carbocycles. The van der Waals surface area contributed by atoms with Gasteiger partial charge in [-0.05, 0) is 30.5 Å². The fourth-order valence-electron chi connectivity index (χ4n) is 2.35. The van der Waals surface area contributed by atoms with Crippen LogP contribution in [-0.2, 0) is 6.42 Å². The summed E-state index contributed by atoms with van der Waals surface area (Å²) in [4.78, 5) is 13.6. The average Bonchev–Trinajstić information content (AvgIpc) is 2.43. The van der Waals surface area contributed by atoms with Crippen LogP contribution in [0.2, 0.25) is 0 Å². The van der Waals surface area contributed by atoms with E-state index in [1.807, 2.05) is 36.4 Å². The summed E-state index contributed by atoms with van der Waals surface area (Å²) in [7, 11) is 0. The first-order valence-electron chi connectivity index (χ1n) is 6.18. The van der Waals surface area contributed by atoms with Crippen molar-refractivity contribution in [2.75, 3.05) is 0 Å². The van der Waals surface area contributed by atoms with Gasteiger partial charge in [0.05, 0.1) is 5.25 Å². The molecule has 0 N–H and O–H groups in total. The van der Waals surface area contributed by atoms with Crippen molar-refractivity contribution in [3.8, 4) is 0 Å². The Hall–Kier alpha value is -1.54. The highest BCUT2D eigenvalue weighted by Crippen LogP contribution is 2.33. The second-order valence-electron chi connectivity index (χ2n) is 4.48. The van der Waals surface area contributed by atoms with Gasteiger partial charge in [0.15, 0.2) is 5.78 Å². The van der Waals surface area contributed by atoms with E-state index in [4.69, 9.17) is 0 Å². The molecule has 0 radical (unpaired) electrons. The zero-order chi connectivity index (χ0) is 12.4. The number of carbonyl (C=O) groups is 1. The van der Waals surface area contributed by atoms with Gasteiger partial charge in [-0.1, -0.05) is 42.5 Å². The average molecular weight is 254 g/mol. The predicted molar refractivity (Wildman–Crippen MR) is 75.2 cm³/mol. The molecular formula is C16H14OS. The number of fused-ring (bicyclic) bond motifs is 1. The van der Waals surface area contributed by atoms with Gasteiger partial charge in [0.1, 0.15) is 0 Å². The minimum Gasteiger partial charge on any atom is -0.293 e. The first kappa shape index (κ1) is 11.5. The van der Waals surface area contributed by atoms with Crippen molar-refractivity contribution in [1.29, 1.82) is 0 Å². The molecule has 0 amide bonds. The van der Waals surface area contributed by atoms with Gasteiger partial charge in [-0.25, -0.2) is 0 Å². The number of hydrogen-bond donors (Lipinski definition) is 0. The summed E-state index contributed by atoms with van der Waals surface area (Å²) < 4.78 is 0. The number of carbonyl (C=O) groups excluding carboxylic acids is 1. The molecule has 2 heteroatoms. The largest absolute Gasteiger partial charge is 0.293 e. The topological polar surface area (TPSA) is 17.1 Å². The third-order valence-electron chi connectivity index (χ3n) is 3.27. The molecule has 0 heterocycles. The van der Waals surface area contributed by atoms with E-state index >= 15 is 0 Å². The molecule has 0 spiro atoms. The third kappa shape index (κ3) is 2.21. The lowest BCUT2D eigenvalue weighted by atomic mass is 9.90. The Morgan fingerprint density at radius 1 is 0.944 bits per heavy atom. The quantitative estimate of drug-likeness (QED) is 0.806. The van der Waals surface area contributed by atoms with E-state index in [9.17, 15) is 4.79 Å². The number of rotatable bonds is 2. The van der Waals surface area contributed by atoms with Crippen LogP contribution in [0.25, 0.3) is 0 Å². The van der Waals surface area contributed by atoms with Crippen LogP contribution in [0.4, 0.5) is 0 Å². The standard InChI is InChI=1S/C16H14OS/c17-16-14-9-5-4-6-12(14)10-11-15(16)18-13-7-2-1-3-8-13/h1-9,15H,10-11H2. The Labute approximate surface area is 111 Å². The molecule has 1 atom stereocenters. The maximum Gasteiger partial charge on any atom is 0.176 e. The van der Waals surface area contributed by atoms with Crippen molar-refractivity contribution in [3.63, 3.8) is 0 Å². The highest BCUT2D eigenvalue weighted by Gasteiger charge is 2.27. The van der Waals surface area contributed by atoms with Crippen LogP contribution < -0.4 is 0 Å². The predicted octanol–water partition coefficient (Wildman–Crippen LogP) is 3.98. The molecule has 1 nitrogen and oxygen atoms in total. The lowest BCUT2D eigenvalue weighted by Crippen LogP contribution is -2.24. The Bertz CT molecular complexity index is 562. The van der Waals surface area contributed by atoms with E-state index in [0.29, 0.717) is 0 Å². The summed E-state index contributed by atoms with van der Waals surface area (Å²) in [6.07, 6.45) is 1.95. The lowest BCUT2D eigenvalue weighted by molar-refractivity contribution is 0.0979. The van der Waals surface area contributed by atoms with E-state index in [1.54, 1.807) is 11.8 Å². The van der Waals surface area contributed by atoms with Gasteiger partial charge in [-0.15, -0.1) is 11.8 Å². The van der Waals surface area contributed by atoms with Crippen LogP contribution in [-0.4, -0.2) is 11.0 Å². The van der Waals surface area contributed by atoms with Crippen LogP contribution in [0.3, 0.4) is 0 Å². The van der Waals surface area contributed by atoms with Gasteiger partial charge in [-0.2, -0.15) is 0 Å². The van der Waals surface area contributed by atoms with Crippen molar-refractivity contribution in [2.45, 2.75) is 23.0 Å². The molecule has 0 fully saturated rings. The fourth-order valence-corrected chi connectivity index (χ4v) is 3.46. The Balaban J connectivity index is 1.83. The fraction of sp³-hybridized carbons (Fsp3) is 0.188. The molecule has 90 valence electrons. The summed E-state index contributed by atoms with van der Waals surface area (Å²) >= 11 is 1.69. The molecule has 1 aliphatic rings. The van der Waals surface area contributed by atoms with Crippen LogP contribution >= 0.6 is 11.8 Å². The molecule has 1 aliphatic carbocycles. The Morgan fingerprint density at radius 2 is 1.67 bits per heavy atom. The second kappa shape index (κ2) is 4.99. The summed E-state index contributed by atoms with van der Waals surface area (Å²) in [6.45, 7) is 0. The summed E-state index contributed by atoms with van der Waals surface area (Å²) in [5.74, 6) is 0.283. The van der Waals surface area contributed by atoms with Crippen LogP contribution in [0.5, 0.6) is 0 Å². The monoisotopic (exact) mass is 254 g/mol. The van der Waals surface area contributed by atoms with Gasteiger partial charge < -0.3 is 0 Å². The molecule has 2 aromatic rings. The zero-order valence-electron chi connectivity index (χ0n) is 10.0. The van der Waals surface area contributed by atoms with E-state index < -0.39 is 0 Å². The van der Waals surface area contributed by atoms with Gasteiger partial charge in [0.2, 0.25) is 0 Å². The van der Waals surface area contributed by atoms with Crippen molar-refractivity contribution in [1.82, 2.24) is 0 Å². The number of benzene rings is 2. The maximum atomic E-state index is 12.4. The third-order valence-corrected chi connectivity index (χ3v) is 4.55. The second-order valence-corrected chi connectivity index (χ2v) is 5.76. The van der Waals surface area contributed by atoms with Gasteiger partial charge in [0.25, 0.3) is 0 Å². The highest BCUT2D eigenvalue weighted by atomic mass is 32.2. The molecule has 1 unspecified atom stereocenters. The van der Waals surface area contributed by atoms with Crippen molar-refractivity contribution in [3.05, 3.63) is 65.7 Å². The van der Waals surface area contributed by atoms with Crippen LogP contribution in [0.15, 0.2) is 59.5 Å². The normalized spacial score (nSPS) is 18.4. The van der Waals surface area contributed by atoms with Gasteiger partial charge >= 0.3 is 0 Å². The minimum absolute atomic E-state index is 0.0716. The summed E-state index contributed by atoms with van der Waals surface area (Å²) in [5, 5.41) is 0.0716. The Morgan fingerprint density at radius 3 is 2.50 bits per heavy atom. The molecule has 0 aliphatic heterocycles. The molecule has 0 bridgehead atoms. The number of Topliss-reactive ketones (excluding diaryl/α,β-unsaturated/α-hetero) is 1. The number of ketones is 1. The molecule has 3 rings (SSSR count). The van der Waals surface area contributed by atoms with Crippen molar-refractivity contribution in [2.24, 2.45) is 0 Å². The molecular weight excluding hydrogens is 240 g/mol. The number of thioether (sulfide) groups is 1. The zero-order valence-corrected chi connectivity index (χ0v) is 10.8. The number of hydrogen-bond acceptors (Lipinski definition) is 2. The van der Waals surface area contributed by atoms with Crippen LogP contribution in [0.1, 0.15) is 22.3 Å². The van der Waals surface area contributed by atoms with Gasteiger partial charge in [-0.3, -0.25) is 4.79 Å². The Kier molecular flexibility index (Phi) is 3.20. The van der Waals surface area contributed by atoms with Crippen molar-refractivity contribution < 1.29 is 4.79 Å². The van der Waals surface area contributed by atoms with Gasteiger partial charge in [0, 0.05) is 10.5 Å². The SMILES string of the molecule is O=C1c2ccccc2CCC1Sc1ccccc1. The molecule has 18 heavy (non-hydrogen) atoms. The van der Waals surface area contributed by atoms with E-state index in [0.717, 1.165) is 18.4 Å². The number of aryl methyl sites for hydroxylation is 1. The van der Waals surface area contributed by atoms with Crippen LogP contribution in [0, 0.1) is 0 Å². The van der Waals surface area contributed by atoms with E-state index in [2.05, 4.69) is 18.2 Å². The molecule has 0 aromatic heterocycles. The smallest absolute Gasteiger partial charge is 0.176 e. The first-order valence-corrected chi connectivity index (χ1v) is 7.06. The minimum atomic E-state index is 0.0716. The van der Waals surface area contributed by atoms with Crippen molar-refractivity contribution >= 4 is 17.5 Å². The maximum absolute atomic E-state index is 12.4. The van der Waals surface area contributed by atoms with E-state index in [1.165, 1.54) is 10.5 Å². The summed E-state index contributed by atoms with van der Waals surface area (Å²) in [5.41, 5.74) is 2.12. The highest BCUT2D eigenvalue weighted by molar-refractivity contribution is 8.00.